The van der Waals surface area contributed by atoms with Gasteiger partial charge < -0.3 is 10.4 Å². The van der Waals surface area contributed by atoms with E-state index in [1.807, 2.05) is 13.0 Å². The van der Waals surface area contributed by atoms with Crippen LogP contribution in [0.25, 0.3) is 0 Å². The maximum Gasteiger partial charge on any atom is 0.311 e. The molecule has 0 aliphatic heterocycles. The van der Waals surface area contributed by atoms with Crippen molar-refractivity contribution in [2.24, 2.45) is 5.41 Å². The second-order valence-corrected chi connectivity index (χ2v) is 6.83. The van der Waals surface area contributed by atoms with Gasteiger partial charge in [0.25, 0.3) is 5.91 Å². The van der Waals surface area contributed by atoms with Crippen LogP contribution in [0.3, 0.4) is 0 Å². The van der Waals surface area contributed by atoms with Crippen LogP contribution < -0.4 is 5.32 Å². The summed E-state index contributed by atoms with van der Waals surface area (Å²) in [5.41, 5.74) is -0.430. The number of hydrogen-bond donors (Lipinski definition) is 2. The number of halogens is 1. The molecule has 1 rings (SSSR count). The molecule has 0 aliphatic rings. The quantitative estimate of drug-likeness (QED) is 0.882. The predicted octanol–water partition coefficient (Wildman–Crippen LogP) is 3.38. The van der Waals surface area contributed by atoms with E-state index in [9.17, 15) is 14.7 Å². The SMILES string of the molecule is Cc1ccc(C(=O)NC(C)(C)C(C)(C)C(=O)O)cc1Br. The molecule has 2 N–H and O–H groups in total. The molecule has 0 bridgehead atoms. The van der Waals surface area contributed by atoms with Crippen LogP contribution in [-0.2, 0) is 4.79 Å². The molecular formula is C15H20BrNO3. The minimum absolute atomic E-state index is 0.287. The Morgan fingerprint density at radius 1 is 1.20 bits per heavy atom. The van der Waals surface area contributed by atoms with Gasteiger partial charge in [0.2, 0.25) is 0 Å². The Hall–Kier alpha value is -1.36. The largest absolute Gasteiger partial charge is 0.481 e. The molecule has 0 aromatic heterocycles. The Balaban J connectivity index is 3.00. The van der Waals surface area contributed by atoms with Crippen molar-refractivity contribution in [1.82, 2.24) is 5.32 Å². The molecular weight excluding hydrogens is 322 g/mol. The number of hydrogen-bond acceptors (Lipinski definition) is 2. The van der Waals surface area contributed by atoms with Crippen LogP contribution >= 0.6 is 15.9 Å². The van der Waals surface area contributed by atoms with Gasteiger partial charge in [0.15, 0.2) is 0 Å². The van der Waals surface area contributed by atoms with Gasteiger partial charge in [-0.25, -0.2) is 0 Å². The van der Waals surface area contributed by atoms with Crippen LogP contribution in [0, 0.1) is 12.3 Å². The predicted molar refractivity (Wildman–Crippen MR) is 81.8 cm³/mol. The molecule has 1 aromatic rings. The number of nitrogens with one attached hydrogen (secondary N) is 1. The molecule has 0 saturated heterocycles. The molecule has 0 unspecified atom stereocenters. The first-order valence-corrected chi connectivity index (χ1v) is 7.10. The molecule has 1 aromatic carbocycles. The number of carbonyl (C=O) groups excluding carboxylic acids is 1. The van der Waals surface area contributed by atoms with E-state index < -0.39 is 16.9 Å². The van der Waals surface area contributed by atoms with Crippen molar-refractivity contribution in [3.63, 3.8) is 0 Å². The highest BCUT2D eigenvalue weighted by Gasteiger charge is 2.44. The number of benzene rings is 1. The van der Waals surface area contributed by atoms with Gasteiger partial charge >= 0.3 is 5.97 Å². The molecule has 0 fully saturated rings. The van der Waals surface area contributed by atoms with Crippen molar-refractivity contribution in [1.29, 1.82) is 0 Å². The van der Waals surface area contributed by atoms with E-state index in [0.717, 1.165) is 10.0 Å². The lowest BCUT2D eigenvalue weighted by Gasteiger charge is -2.38. The Kier molecular flexibility index (Phi) is 4.64. The third-order valence-corrected chi connectivity index (χ3v) is 4.81. The van der Waals surface area contributed by atoms with E-state index in [-0.39, 0.29) is 5.91 Å². The van der Waals surface area contributed by atoms with Gasteiger partial charge in [-0.05, 0) is 52.3 Å². The highest BCUT2D eigenvalue weighted by Crippen LogP contribution is 2.31. The van der Waals surface area contributed by atoms with Crippen LogP contribution in [0.4, 0.5) is 0 Å². The smallest absolute Gasteiger partial charge is 0.311 e. The van der Waals surface area contributed by atoms with Gasteiger partial charge in [-0.1, -0.05) is 22.0 Å². The van der Waals surface area contributed by atoms with Gasteiger partial charge in [0, 0.05) is 10.0 Å². The molecule has 0 atom stereocenters. The van der Waals surface area contributed by atoms with Crippen LogP contribution in [0.5, 0.6) is 0 Å². The van der Waals surface area contributed by atoms with Crippen molar-refractivity contribution in [3.8, 4) is 0 Å². The zero-order chi connectivity index (χ0) is 15.7. The number of carbonyl (C=O) groups is 2. The third-order valence-electron chi connectivity index (χ3n) is 3.96. The summed E-state index contributed by atoms with van der Waals surface area (Å²) in [7, 11) is 0. The second-order valence-electron chi connectivity index (χ2n) is 5.97. The van der Waals surface area contributed by atoms with E-state index in [2.05, 4.69) is 21.2 Å². The number of carboxylic acid groups (broad SMARTS) is 1. The minimum atomic E-state index is -1.08. The fraction of sp³-hybridized carbons (Fsp3) is 0.467. The highest BCUT2D eigenvalue weighted by molar-refractivity contribution is 9.10. The van der Waals surface area contributed by atoms with Crippen molar-refractivity contribution < 1.29 is 14.7 Å². The Labute approximate surface area is 127 Å². The fourth-order valence-electron chi connectivity index (χ4n) is 1.51. The lowest BCUT2D eigenvalue weighted by Crippen LogP contribution is -2.56. The summed E-state index contributed by atoms with van der Waals surface area (Å²) in [5, 5.41) is 12.1. The molecule has 0 spiro atoms. The van der Waals surface area contributed by atoms with E-state index >= 15 is 0 Å². The van der Waals surface area contributed by atoms with Gasteiger partial charge in [-0.3, -0.25) is 9.59 Å². The Bertz CT molecular complexity index is 550. The van der Waals surface area contributed by atoms with Crippen LogP contribution in [-0.4, -0.2) is 22.5 Å². The number of carboxylic acids is 1. The molecule has 1 amide bonds. The van der Waals surface area contributed by atoms with E-state index in [0.29, 0.717) is 5.56 Å². The number of aryl methyl sites for hydroxylation is 1. The minimum Gasteiger partial charge on any atom is -0.481 e. The molecule has 5 heteroatoms. The summed E-state index contributed by atoms with van der Waals surface area (Å²) < 4.78 is 0.848. The molecule has 20 heavy (non-hydrogen) atoms. The number of aliphatic carboxylic acids is 1. The number of rotatable bonds is 4. The Morgan fingerprint density at radius 2 is 1.75 bits per heavy atom. The van der Waals surface area contributed by atoms with Gasteiger partial charge in [-0.15, -0.1) is 0 Å². The number of amides is 1. The Morgan fingerprint density at radius 3 is 2.20 bits per heavy atom. The normalized spacial score (nSPS) is 12.1. The van der Waals surface area contributed by atoms with Crippen LogP contribution in [0.1, 0.15) is 43.6 Å². The van der Waals surface area contributed by atoms with Gasteiger partial charge in [0.1, 0.15) is 0 Å². The molecule has 110 valence electrons. The van der Waals surface area contributed by atoms with Crippen molar-refractivity contribution in [3.05, 3.63) is 33.8 Å². The summed E-state index contributed by atoms with van der Waals surface area (Å²) >= 11 is 3.38. The monoisotopic (exact) mass is 341 g/mol. The zero-order valence-electron chi connectivity index (χ0n) is 12.4. The molecule has 0 aliphatic carbocycles. The van der Waals surface area contributed by atoms with Crippen molar-refractivity contribution in [2.75, 3.05) is 0 Å². The lowest BCUT2D eigenvalue weighted by atomic mass is 9.74. The van der Waals surface area contributed by atoms with Crippen LogP contribution in [0.2, 0.25) is 0 Å². The second kappa shape index (κ2) is 5.56. The summed E-state index contributed by atoms with van der Waals surface area (Å²) in [6.07, 6.45) is 0. The summed E-state index contributed by atoms with van der Waals surface area (Å²) in [6, 6.07) is 5.29. The first kappa shape index (κ1) is 16.7. The van der Waals surface area contributed by atoms with E-state index in [1.54, 1.807) is 39.8 Å². The molecule has 0 radical (unpaired) electrons. The average molecular weight is 342 g/mol. The average Bonchev–Trinajstić information content (AvgIpc) is 2.31. The maximum atomic E-state index is 12.3. The van der Waals surface area contributed by atoms with Gasteiger partial charge in [-0.2, -0.15) is 0 Å². The third kappa shape index (κ3) is 3.20. The highest BCUT2D eigenvalue weighted by atomic mass is 79.9. The standard InChI is InChI=1S/C15H20BrNO3/c1-9-6-7-10(8-11(9)16)12(18)17-15(4,5)14(2,3)13(19)20/h6-8H,1-5H3,(H,17,18)(H,19,20). The summed E-state index contributed by atoms with van der Waals surface area (Å²) in [6.45, 7) is 8.55. The van der Waals surface area contributed by atoms with E-state index in [4.69, 9.17) is 0 Å². The first-order chi connectivity index (χ1) is 8.99. The lowest BCUT2D eigenvalue weighted by molar-refractivity contribution is -0.150. The fourth-order valence-corrected chi connectivity index (χ4v) is 1.89. The first-order valence-electron chi connectivity index (χ1n) is 6.31. The van der Waals surface area contributed by atoms with Crippen molar-refractivity contribution >= 4 is 27.8 Å². The summed E-state index contributed by atoms with van der Waals surface area (Å²) in [4.78, 5) is 23.6. The molecule has 4 nitrogen and oxygen atoms in total. The van der Waals surface area contributed by atoms with Gasteiger partial charge in [0.05, 0.1) is 11.0 Å². The topological polar surface area (TPSA) is 66.4 Å². The van der Waals surface area contributed by atoms with E-state index in [1.165, 1.54) is 0 Å². The molecule has 0 saturated carbocycles. The summed E-state index contributed by atoms with van der Waals surface area (Å²) in [5.74, 6) is -1.24. The maximum absolute atomic E-state index is 12.3. The van der Waals surface area contributed by atoms with Crippen LogP contribution in [0.15, 0.2) is 22.7 Å². The zero-order valence-corrected chi connectivity index (χ0v) is 14.0. The van der Waals surface area contributed by atoms with Crippen molar-refractivity contribution in [2.45, 2.75) is 40.2 Å². The molecule has 0 heterocycles.